The Labute approximate surface area is 78.2 Å². The Morgan fingerprint density at radius 1 is 1.54 bits per heavy atom. The highest BCUT2D eigenvalue weighted by Crippen LogP contribution is 2.31. The number of carbonyl (C=O) groups is 1. The summed E-state index contributed by atoms with van der Waals surface area (Å²) in [7, 11) is 0. The molecule has 2 heterocycles. The van der Waals surface area contributed by atoms with Gasteiger partial charge in [0, 0.05) is 6.54 Å². The number of likely N-dealkylation sites (N-methyl/N-ethyl adjacent to an activating group) is 1. The van der Waals surface area contributed by atoms with Crippen LogP contribution in [0.3, 0.4) is 0 Å². The van der Waals surface area contributed by atoms with Crippen LogP contribution in [0.4, 0.5) is 4.79 Å². The molecule has 1 N–H and O–H groups in total. The van der Waals surface area contributed by atoms with E-state index < -0.39 is 0 Å². The van der Waals surface area contributed by atoms with Crippen LogP contribution >= 0.6 is 0 Å². The summed E-state index contributed by atoms with van der Waals surface area (Å²) in [6.45, 7) is 5.34. The molecule has 2 saturated heterocycles. The Kier molecular flexibility index (Phi) is 2.15. The van der Waals surface area contributed by atoms with Crippen molar-refractivity contribution in [3.63, 3.8) is 0 Å². The lowest BCUT2D eigenvalue weighted by Gasteiger charge is -2.38. The molecule has 0 aromatic carbocycles. The summed E-state index contributed by atoms with van der Waals surface area (Å²) in [4.78, 5) is 13.2. The summed E-state index contributed by atoms with van der Waals surface area (Å²) >= 11 is 0. The fourth-order valence-corrected chi connectivity index (χ4v) is 2.32. The molecule has 0 radical (unpaired) electrons. The molecule has 0 aromatic rings. The molecule has 4 nitrogen and oxygen atoms in total. The average molecular weight is 184 g/mol. The van der Waals surface area contributed by atoms with Gasteiger partial charge in [0.25, 0.3) is 0 Å². The normalized spacial score (nSPS) is 26.5. The molecule has 2 rings (SSSR count). The van der Waals surface area contributed by atoms with Gasteiger partial charge in [-0.2, -0.15) is 0 Å². The molecule has 13 heavy (non-hydrogen) atoms. The Balaban J connectivity index is 2.15. The molecular formula is C9H16N2O2. The van der Waals surface area contributed by atoms with E-state index in [4.69, 9.17) is 4.74 Å². The molecule has 2 aliphatic rings. The van der Waals surface area contributed by atoms with Crippen molar-refractivity contribution in [2.75, 3.05) is 26.2 Å². The third-order valence-corrected chi connectivity index (χ3v) is 3.11. The Hall–Kier alpha value is -0.770. The summed E-state index contributed by atoms with van der Waals surface area (Å²) in [5, 5.41) is 3.30. The van der Waals surface area contributed by atoms with Crippen LogP contribution in [0.1, 0.15) is 19.8 Å². The number of nitrogens with zero attached hydrogens (tertiary/aromatic N) is 1. The Morgan fingerprint density at radius 3 is 2.85 bits per heavy atom. The van der Waals surface area contributed by atoms with Crippen molar-refractivity contribution in [3.05, 3.63) is 0 Å². The Morgan fingerprint density at radius 2 is 2.23 bits per heavy atom. The van der Waals surface area contributed by atoms with Crippen LogP contribution in [0.5, 0.6) is 0 Å². The summed E-state index contributed by atoms with van der Waals surface area (Å²) in [5.41, 5.74) is 0.0110. The van der Waals surface area contributed by atoms with Crippen molar-refractivity contribution >= 4 is 6.09 Å². The first-order chi connectivity index (χ1) is 6.28. The molecule has 4 heteroatoms. The van der Waals surface area contributed by atoms with Gasteiger partial charge in [-0.3, -0.25) is 4.90 Å². The predicted molar refractivity (Wildman–Crippen MR) is 48.6 cm³/mol. The van der Waals surface area contributed by atoms with Gasteiger partial charge in [-0.1, -0.05) is 0 Å². The molecule has 0 atom stereocenters. The van der Waals surface area contributed by atoms with Gasteiger partial charge >= 0.3 is 6.09 Å². The van der Waals surface area contributed by atoms with Crippen LogP contribution in [-0.4, -0.2) is 42.8 Å². The first-order valence-corrected chi connectivity index (χ1v) is 4.94. The first kappa shape index (κ1) is 8.81. The average Bonchev–Trinajstić information content (AvgIpc) is 2.45. The quantitative estimate of drug-likeness (QED) is 0.648. The summed E-state index contributed by atoms with van der Waals surface area (Å²) in [5.74, 6) is 0. The van der Waals surface area contributed by atoms with E-state index >= 15 is 0 Å². The van der Waals surface area contributed by atoms with Crippen molar-refractivity contribution in [2.24, 2.45) is 0 Å². The van der Waals surface area contributed by atoms with E-state index in [1.807, 2.05) is 11.8 Å². The number of piperidine rings is 1. The lowest BCUT2D eigenvalue weighted by molar-refractivity contribution is 0.130. The number of ether oxygens (including phenoxy) is 1. The number of carbonyl (C=O) groups excluding carboxylic acids is 1. The number of rotatable bonds is 1. The minimum atomic E-state index is -0.135. The molecule has 1 amide bonds. The van der Waals surface area contributed by atoms with Gasteiger partial charge in [-0.05, 0) is 32.9 Å². The zero-order chi connectivity index (χ0) is 9.31. The van der Waals surface area contributed by atoms with Gasteiger partial charge in [0.05, 0.1) is 5.54 Å². The standard InChI is InChI=1S/C9H16N2O2/c1-2-11-8(12)13-7-9(11)3-5-10-6-4-9/h10H,2-7H2,1H3. The highest BCUT2D eigenvalue weighted by molar-refractivity contribution is 5.71. The Bertz CT molecular complexity index is 212. The monoisotopic (exact) mass is 184 g/mol. The van der Waals surface area contributed by atoms with E-state index in [1.165, 1.54) is 0 Å². The highest BCUT2D eigenvalue weighted by atomic mass is 16.6. The summed E-state index contributed by atoms with van der Waals surface area (Å²) in [6, 6.07) is 0. The fraction of sp³-hybridized carbons (Fsp3) is 0.889. The van der Waals surface area contributed by atoms with Gasteiger partial charge in [0.15, 0.2) is 0 Å². The molecule has 0 unspecified atom stereocenters. The number of hydrogen-bond acceptors (Lipinski definition) is 3. The van der Waals surface area contributed by atoms with E-state index in [1.54, 1.807) is 0 Å². The van der Waals surface area contributed by atoms with Crippen LogP contribution in [0.15, 0.2) is 0 Å². The van der Waals surface area contributed by atoms with Crippen molar-refractivity contribution in [1.82, 2.24) is 10.2 Å². The minimum Gasteiger partial charge on any atom is -0.447 e. The number of cyclic esters (lactones) is 1. The van der Waals surface area contributed by atoms with E-state index in [0.29, 0.717) is 6.61 Å². The second kappa shape index (κ2) is 3.18. The topological polar surface area (TPSA) is 41.6 Å². The molecule has 1 spiro atoms. The van der Waals surface area contributed by atoms with E-state index in [-0.39, 0.29) is 11.6 Å². The lowest BCUT2D eigenvalue weighted by atomic mass is 9.88. The van der Waals surface area contributed by atoms with Crippen molar-refractivity contribution in [2.45, 2.75) is 25.3 Å². The van der Waals surface area contributed by atoms with Crippen molar-refractivity contribution < 1.29 is 9.53 Å². The molecule has 0 aliphatic carbocycles. The number of amides is 1. The fourth-order valence-electron chi connectivity index (χ4n) is 2.32. The maximum absolute atomic E-state index is 11.4. The zero-order valence-electron chi connectivity index (χ0n) is 8.01. The molecule has 0 bridgehead atoms. The molecule has 74 valence electrons. The van der Waals surface area contributed by atoms with Gasteiger partial charge in [-0.15, -0.1) is 0 Å². The number of hydrogen-bond donors (Lipinski definition) is 1. The smallest absolute Gasteiger partial charge is 0.410 e. The SMILES string of the molecule is CCN1C(=O)OCC12CCNCC2. The molecular weight excluding hydrogens is 168 g/mol. The van der Waals surface area contributed by atoms with Crippen molar-refractivity contribution in [3.8, 4) is 0 Å². The molecule has 2 aliphatic heterocycles. The maximum atomic E-state index is 11.4. The number of nitrogens with one attached hydrogen (secondary N) is 1. The summed E-state index contributed by atoms with van der Waals surface area (Å²) in [6.07, 6.45) is 1.91. The van der Waals surface area contributed by atoms with Crippen LogP contribution in [0.25, 0.3) is 0 Å². The molecule has 2 fully saturated rings. The predicted octanol–water partition coefficient (Wildman–Crippen LogP) is 0.581. The van der Waals surface area contributed by atoms with Gasteiger partial charge in [0.2, 0.25) is 0 Å². The van der Waals surface area contributed by atoms with E-state index in [9.17, 15) is 4.79 Å². The maximum Gasteiger partial charge on any atom is 0.410 e. The summed E-state index contributed by atoms with van der Waals surface area (Å²) < 4.78 is 5.11. The minimum absolute atomic E-state index is 0.0110. The van der Waals surface area contributed by atoms with Crippen LogP contribution in [0.2, 0.25) is 0 Å². The third-order valence-electron chi connectivity index (χ3n) is 3.11. The first-order valence-electron chi connectivity index (χ1n) is 4.94. The highest BCUT2D eigenvalue weighted by Gasteiger charge is 2.46. The third kappa shape index (κ3) is 1.29. The van der Waals surface area contributed by atoms with Gasteiger partial charge < -0.3 is 10.1 Å². The zero-order valence-corrected chi connectivity index (χ0v) is 8.01. The van der Waals surface area contributed by atoms with E-state index in [0.717, 1.165) is 32.5 Å². The van der Waals surface area contributed by atoms with Gasteiger partial charge in [0.1, 0.15) is 6.61 Å². The van der Waals surface area contributed by atoms with Crippen LogP contribution < -0.4 is 5.32 Å². The van der Waals surface area contributed by atoms with Crippen LogP contribution in [-0.2, 0) is 4.74 Å². The van der Waals surface area contributed by atoms with Crippen LogP contribution in [0, 0.1) is 0 Å². The lowest BCUT2D eigenvalue weighted by Crippen LogP contribution is -2.53. The van der Waals surface area contributed by atoms with E-state index in [2.05, 4.69) is 5.32 Å². The van der Waals surface area contributed by atoms with Crippen molar-refractivity contribution in [1.29, 1.82) is 0 Å². The molecule has 0 aromatic heterocycles. The second-order valence-corrected chi connectivity index (χ2v) is 3.77. The van der Waals surface area contributed by atoms with Gasteiger partial charge in [-0.25, -0.2) is 4.79 Å². The molecule has 0 saturated carbocycles. The second-order valence-electron chi connectivity index (χ2n) is 3.77. The largest absolute Gasteiger partial charge is 0.447 e.